The molecule has 1 aliphatic rings. The van der Waals surface area contributed by atoms with E-state index in [1.165, 1.54) is 0 Å². The summed E-state index contributed by atoms with van der Waals surface area (Å²) < 4.78 is 1.93. The summed E-state index contributed by atoms with van der Waals surface area (Å²) in [5, 5.41) is 8.42. The Morgan fingerprint density at radius 1 is 1.33 bits per heavy atom. The minimum absolute atomic E-state index is 0. The standard InChI is InChI=1S/C12H23N5.ClH/c1-12(2,3)17-9-11(14-15-17)8-16-6-4-10(13)5-7-16;/h9-10H,4-8,13H2,1-3H3;1H. The largest absolute Gasteiger partial charge is 0.328 e. The van der Waals surface area contributed by atoms with E-state index < -0.39 is 0 Å². The van der Waals surface area contributed by atoms with E-state index in [4.69, 9.17) is 5.73 Å². The number of nitrogens with two attached hydrogens (primary N) is 1. The first-order valence-corrected chi connectivity index (χ1v) is 6.35. The van der Waals surface area contributed by atoms with Gasteiger partial charge in [0, 0.05) is 25.7 Å². The van der Waals surface area contributed by atoms with Crippen LogP contribution in [0.25, 0.3) is 0 Å². The Balaban J connectivity index is 0.00000162. The summed E-state index contributed by atoms with van der Waals surface area (Å²) in [6.07, 6.45) is 4.23. The zero-order valence-corrected chi connectivity index (χ0v) is 12.3. The van der Waals surface area contributed by atoms with Gasteiger partial charge in [0.1, 0.15) is 0 Å². The lowest BCUT2D eigenvalue weighted by Crippen LogP contribution is -2.39. The molecule has 0 spiro atoms. The Kier molecular flexibility index (Phi) is 5.13. The fourth-order valence-electron chi connectivity index (χ4n) is 2.04. The highest BCUT2D eigenvalue weighted by atomic mass is 35.5. The Labute approximate surface area is 115 Å². The van der Waals surface area contributed by atoms with Crippen molar-refractivity contribution in [1.82, 2.24) is 19.9 Å². The van der Waals surface area contributed by atoms with Crippen LogP contribution in [-0.4, -0.2) is 39.0 Å². The first kappa shape index (κ1) is 15.4. The second kappa shape index (κ2) is 5.99. The molecule has 0 aromatic carbocycles. The molecule has 0 saturated carbocycles. The van der Waals surface area contributed by atoms with Crippen LogP contribution in [0.2, 0.25) is 0 Å². The highest BCUT2D eigenvalue weighted by molar-refractivity contribution is 5.85. The minimum Gasteiger partial charge on any atom is -0.328 e. The SMILES string of the molecule is CC(C)(C)n1cc(CN2CCC(N)CC2)nn1.Cl. The van der Waals surface area contributed by atoms with Gasteiger partial charge in [-0.2, -0.15) is 0 Å². The molecule has 0 amide bonds. The summed E-state index contributed by atoms with van der Waals surface area (Å²) in [7, 11) is 0. The molecule has 1 aliphatic heterocycles. The van der Waals surface area contributed by atoms with Crippen molar-refractivity contribution < 1.29 is 0 Å². The minimum atomic E-state index is 0. The number of nitrogens with zero attached hydrogens (tertiary/aromatic N) is 4. The van der Waals surface area contributed by atoms with Crippen molar-refractivity contribution in [1.29, 1.82) is 0 Å². The monoisotopic (exact) mass is 273 g/mol. The molecule has 2 N–H and O–H groups in total. The van der Waals surface area contributed by atoms with E-state index >= 15 is 0 Å². The van der Waals surface area contributed by atoms with E-state index in [-0.39, 0.29) is 17.9 Å². The summed E-state index contributed by atoms with van der Waals surface area (Å²) in [6, 6.07) is 0.386. The maximum Gasteiger partial charge on any atom is 0.0967 e. The molecule has 0 bridgehead atoms. The second-order valence-corrected chi connectivity index (χ2v) is 5.94. The number of halogens is 1. The van der Waals surface area contributed by atoms with Gasteiger partial charge in [0.25, 0.3) is 0 Å². The predicted molar refractivity (Wildman–Crippen MR) is 74.8 cm³/mol. The van der Waals surface area contributed by atoms with Crippen LogP contribution >= 0.6 is 12.4 Å². The second-order valence-electron chi connectivity index (χ2n) is 5.94. The zero-order valence-electron chi connectivity index (χ0n) is 11.5. The van der Waals surface area contributed by atoms with E-state index in [2.05, 4.69) is 42.2 Å². The molecule has 1 aromatic heterocycles. The Morgan fingerprint density at radius 2 is 1.94 bits per heavy atom. The lowest BCUT2D eigenvalue weighted by molar-refractivity contribution is 0.203. The van der Waals surface area contributed by atoms with Gasteiger partial charge in [-0.05, 0) is 33.6 Å². The molecule has 104 valence electrons. The fourth-order valence-corrected chi connectivity index (χ4v) is 2.04. The van der Waals surface area contributed by atoms with Gasteiger partial charge in [-0.3, -0.25) is 4.90 Å². The molecule has 0 radical (unpaired) electrons. The number of aromatic nitrogens is 3. The summed E-state index contributed by atoms with van der Waals surface area (Å²) in [4.78, 5) is 2.40. The lowest BCUT2D eigenvalue weighted by Gasteiger charge is -2.29. The van der Waals surface area contributed by atoms with Crippen molar-refractivity contribution in [2.24, 2.45) is 5.73 Å². The Hall–Kier alpha value is -0.650. The van der Waals surface area contributed by atoms with E-state index in [9.17, 15) is 0 Å². The summed E-state index contributed by atoms with van der Waals surface area (Å²) >= 11 is 0. The molecule has 18 heavy (non-hydrogen) atoms. The van der Waals surface area contributed by atoms with Crippen molar-refractivity contribution in [2.75, 3.05) is 13.1 Å². The molecule has 1 fully saturated rings. The van der Waals surface area contributed by atoms with E-state index in [1.807, 2.05) is 4.68 Å². The summed E-state index contributed by atoms with van der Waals surface area (Å²) in [5.41, 5.74) is 6.95. The van der Waals surface area contributed by atoms with Crippen LogP contribution in [0.15, 0.2) is 6.20 Å². The van der Waals surface area contributed by atoms with Gasteiger partial charge in [0.15, 0.2) is 0 Å². The summed E-state index contributed by atoms with van der Waals surface area (Å²) in [6.45, 7) is 9.43. The van der Waals surface area contributed by atoms with E-state index in [0.29, 0.717) is 6.04 Å². The topological polar surface area (TPSA) is 60.0 Å². The molecule has 6 heteroatoms. The van der Waals surface area contributed by atoms with Crippen LogP contribution in [-0.2, 0) is 12.1 Å². The quantitative estimate of drug-likeness (QED) is 0.884. The molecule has 0 aliphatic carbocycles. The van der Waals surface area contributed by atoms with Crippen molar-refractivity contribution in [3.8, 4) is 0 Å². The third kappa shape index (κ3) is 3.93. The number of rotatable bonds is 2. The maximum absolute atomic E-state index is 5.89. The average Bonchev–Trinajstić information content (AvgIpc) is 2.69. The summed E-state index contributed by atoms with van der Waals surface area (Å²) in [5.74, 6) is 0. The number of hydrogen-bond donors (Lipinski definition) is 1. The number of hydrogen-bond acceptors (Lipinski definition) is 4. The molecular formula is C12H24ClN5. The molecule has 0 atom stereocenters. The van der Waals surface area contributed by atoms with Gasteiger partial charge in [-0.25, -0.2) is 4.68 Å². The van der Waals surface area contributed by atoms with Crippen LogP contribution in [0.1, 0.15) is 39.3 Å². The number of likely N-dealkylation sites (tertiary alicyclic amines) is 1. The van der Waals surface area contributed by atoms with E-state index in [1.54, 1.807) is 0 Å². The van der Waals surface area contributed by atoms with Gasteiger partial charge in [0.05, 0.1) is 17.4 Å². The average molecular weight is 274 g/mol. The predicted octanol–water partition coefficient (Wildman–Crippen LogP) is 1.38. The zero-order chi connectivity index (χ0) is 12.5. The van der Waals surface area contributed by atoms with Crippen molar-refractivity contribution in [2.45, 2.75) is 51.7 Å². The van der Waals surface area contributed by atoms with Gasteiger partial charge < -0.3 is 5.73 Å². The van der Waals surface area contributed by atoms with Gasteiger partial charge in [0.2, 0.25) is 0 Å². The number of piperidine rings is 1. The Morgan fingerprint density at radius 3 is 2.44 bits per heavy atom. The smallest absolute Gasteiger partial charge is 0.0967 e. The van der Waals surface area contributed by atoms with Crippen molar-refractivity contribution in [3.63, 3.8) is 0 Å². The molecule has 2 heterocycles. The molecular weight excluding hydrogens is 250 g/mol. The van der Waals surface area contributed by atoms with Gasteiger partial charge in [-0.15, -0.1) is 17.5 Å². The molecule has 1 saturated heterocycles. The van der Waals surface area contributed by atoms with Gasteiger partial charge in [-0.1, -0.05) is 5.21 Å². The van der Waals surface area contributed by atoms with Gasteiger partial charge >= 0.3 is 0 Å². The highest BCUT2D eigenvalue weighted by Crippen LogP contribution is 2.14. The van der Waals surface area contributed by atoms with Crippen molar-refractivity contribution in [3.05, 3.63) is 11.9 Å². The Bertz CT molecular complexity index is 363. The first-order chi connectivity index (χ1) is 7.95. The first-order valence-electron chi connectivity index (χ1n) is 6.35. The van der Waals surface area contributed by atoms with Crippen LogP contribution in [0.5, 0.6) is 0 Å². The van der Waals surface area contributed by atoms with E-state index in [0.717, 1.165) is 38.2 Å². The van der Waals surface area contributed by atoms with Crippen molar-refractivity contribution >= 4 is 12.4 Å². The fraction of sp³-hybridized carbons (Fsp3) is 0.833. The third-order valence-corrected chi connectivity index (χ3v) is 3.25. The lowest BCUT2D eigenvalue weighted by atomic mass is 10.1. The molecule has 0 unspecified atom stereocenters. The van der Waals surface area contributed by atoms with Crippen LogP contribution in [0, 0.1) is 0 Å². The molecule has 1 aromatic rings. The van der Waals surface area contributed by atoms with Crippen LogP contribution in [0.4, 0.5) is 0 Å². The highest BCUT2D eigenvalue weighted by Gasteiger charge is 2.19. The maximum atomic E-state index is 5.89. The van der Waals surface area contributed by atoms with Crippen LogP contribution < -0.4 is 5.73 Å². The van der Waals surface area contributed by atoms with Crippen LogP contribution in [0.3, 0.4) is 0 Å². The molecule has 5 nitrogen and oxygen atoms in total. The third-order valence-electron chi connectivity index (χ3n) is 3.25. The molecule has 2 rings (SSSR count). The normalized spacial score (nSPS) is 18.7.